The van der Waals surface area contributed by atoms with Crippen LogP contribution in [0.4, 0.5) is 0 Å². The molecule has 2 aromatic carbocycles. The van der Waals surface area contributed by atoms with Crippen LogP contribution >= 0.6 is 0 Å². The minimum Gasteiger partial charge on any atom is -0.493 e. The van der Waals surface area contributed by atoms with E-state index in [1.807, 2.05) is 25.1 Å². The lowest BCUT2D eigenvalue weighted by atomic mass is 10.1. The van der Waals surface area contributed by atoms with Crippen molar-refractivity contribution in [1.82, 2.24) is 4.90 Å². The summed E-state index contributed by atoms with van der Waals surface area (Å²) in [4.78, 5) is 25.4. The average Bonchev–Trinajstić information content (AvgIpc) is 2.74. The van der Waals surface area contributed by atoms with Crippen molar-refractivity contribution in [3.8, 4) is 17.2 Å². The predicted molar refractivity (Wildman–Crippen MR) is 113 cm³/mol. The molecular weight excluding hydrogens is 370 g/mol. The maximum atomic E-state index is 12.4. The number of amides is 1. The fourth-order valence-corrected chi connectivity index (χ4v) is 2.38. The van der Waals surface area contributed by atoms with Crippen molar-refractivity contribution in [2.45, 2.75) is 13.3 Å². The molecule has 6 nitrogen and oxygen atoms in total. The van der Waals surface area contributed by atoms with E-state index >= 15 is 0 Å². The van der Waals surface area contributed by atoms with Gasteiger partial charge in [0.05, 0.1) is 13.7 Å². The normalized spacial score (nSPS) is 10.6. The van der Waals surface area contributed by atoms with Crippen LogP contribution in [0.25, 0.3) is 6.08 Å². The van der Waals surface area contributed by atoms with E-state index < -0.39 is 0 Å². The van der Waals surface area contributed by atoms with Gasteiger partial charge in [0.2, 0.25) is 0 Å². The molecule has 29 heavy (non-hydrogen) atoms. The summed E-state index contributed by atoms with van der Waals surface area (Å²) < 4.78 is 16.4. The lowest BCUT2D eigenvalue weighted by Gasteiger charge is -2.11. The van der Waals surface area contributed by atoms with E-state index in [0.29, 0.717) is 29.4 Å². The molecule has 0 fully saturated rings. The monoisotopic (exact) mass is 397 g/mol. The highest BCUT2D eigenvalue weighted by Gasteiger charge is 2.07. The molecule has 0 aliphatic heterocycles. The van der Waals surface area contributed by atoms with Gasteiger partial charge >= 0.3 is 0 Å². The summed E-state index contributed by atoms with van der Waals surface area (Å²) in [6.07, 6.45) is 4.14. The molecule has 1 amide bonds. The topological polar surface area (TPSA) is 65.1 Å². The van der Waals surface area contributed by atoms with E-state index in [9.17, 15) is 9.59 Å². The molecule has 0 saturated heterocycles. The average molecular weight is 397 g/mol. The van der Waals surface area contributed by atoms with Gasteiger partial charge in [0, 0.05) is 19.7 Å². The smallest absolute Gasteiger partial charge is 0.259 e. The van der Waals surface area contributed by atoms with Crippen molar-refractivity contribution in [3.63, 3.8) is 0 Å². The summed E-state index contributed by atoms with van der Waals surface area (Å²) in [5, 5.41) is 0. The fourth-order valence-electron chi connectivity index (χ4n) is 2.38. The van der Waals surface area contributed by atoms with E-state index in [-0.39, 0.29) is 18.3 Å². The Kier molecular flexibility index (Phi) is 8.27. The minimum atomic E-state index is -0.132. The van der Waals surface area contributed by atoms with Crippen LogP contribution in [-0.4, -0.2) is 51.0 Å². The number of hydrogen-bond donors (Lipinski definition) is 0. The van der Waals surface area contributed by atoms with Crippen LogP contribution in [0.15, 0.2) is 48.5 Å². The number of ether oxygens (including phenoxy) is 3. The number of rotatable bonds is 10. The molecule has 0 atom stereocenters. The highest BCUT2D eigenvalue weighted by molar-refractivity contribution is 6.06. The van der Waals surface area contributed by atoms with E-state index in [2.05, 4.69) is 0 Å². The summed E-state index contributed by atoms with van der Waals surface area (Å²) in [5.41, 5.74) is 1.37. The number of carbonyl (C=O) groups excluding carboxylic acids is 2. The van der Waals surface area contributed by atoms with Crippen molar-refractivity contribution in [2.24, 2.45) is 0 Å². The number of ketones is 1. The molecule has 0 unspecified atom stereocenters. The van der Waals surface area contributed by atoms with Crippen molar-refractivity contribution in [2.75, 3.05) is 34.4 Å². The molecule has 0 N–H and O–H groups in total. The molecule has 154 valence electrons. The SMILES string of the molecule is CCCOc1cc(/C=C/C(=O)c2ccc(OCC(=O)N(C)C)cc2)ccc1OC. The van der Waals surface area contributed by atoms with E-state index in [0.717, 1.165) is 12.0 Å². The Labute approximate surface area is 171 Å². The maximum absolute atomic E-state index is 12.4. The summed E-state index contributed by atoms with van der Waals surface area (Å²) in [5.74, 6) is 1.58. The summed E-state index contributed by atoms with van der Waals surface area (Å²) in [7, 11) is 4.93. The van der Waals surface area contributed by atoms with Gasteiger partial charge in [-0.15, -0.1) is 0 Å². The third kappa shape index (κ3) is 6.68. The zero-order valence-corrected chi connectivity index (χ0v) is 17.3. The highest BCUT2D eigenvalue weighted by Crippen LogP contribution is 2.28. The van der Waals surface area contributed by atoms with Crippen LogP contribution in [0.3, 0.4) is 0 Å². The second-order valence-electron chi connectivity index (χ2n) is 6.56. The Morgan fingerprint density at radius 2 is 1.72 bits per heavy atom. The number of hydrogen-bond acceptors (Lipinski definition) is 5. The maximum Gasteiger partial charge on any atom is 0.259 e. The Hall–Kier alpha value is -3.28. The Balaban J connectivity index is 2.02. The van der Waals surface area contributed by atoms with Crippen LogP contribution in [0, 0.1) is 0 Å². The van der Waals surface area contributed by atoms with Crippen LogP contribution in [0.5, 0.6) is 17.2 Å². The van der Waals surface area contributed by atoms with Crippen molar-refractivity contribution in [3.05, 3.63) is 59.7 Å². The van der Waals surface area contributed by atoms with Crippen molar-refractivity contribution in [1.29, 1.82) is 0 Å². The van der Waals surface area contributed by atoms with Crippen LogP contribution in [0.2, 0.25) is 0 Å². The number of nitrogens with zero attached hydrogens (tertiary/aromatic N) is 1. The summed E-state index contributed by atoms with van der Waals surface area (Å²) in [6, 6.07) is 12.2. The van der Waals surface area contributed by atoms with Gasteiger partial charge in [-0.2, -0.15) is 0 Å². The Morgan fingerprint density at radius 3 is 2.34 bits per heavy atom. The second-order valence-corrected chi connectivity index (χ2v) is 6.56. The first-order chi connectivity index (χ1) is 13.9. The highest BCUT2D eigenvalue weighted by atomic mass is 16.5. The van der Waals surface area contributed by atoms with E-state index in [1.54, 1.807) is 51.5 Å². The molecule has 0 aliphatic rings. The van der Waals surface area contributed by atoms with Gasteiger partial charge in [0.25, 0.3) is 5.91 Å². The minimum absolute atomic E-state index is 0.0416. The zero-order valence-electron chi connectivity index (χ0n) is 17.3. The van der Waals surface area contributed by atoms with Gasteiger partial charge in [0.1, 0.15) is 5.75 Å². The molecule has 2 rings (SSSR count). The van der Waals surface area contributed by atoms with Gasteiger partial charge in [-0.1, -0.05) is 19.1 Å². The van der Waals surface area contributed by atoms with E-state index in [1.165, 1.54) is 11.0 Å². The largest absolute Gasteiger partial charge is 0.493 e. The first-order valence-electron chi connectivity index (χ1n) is 9.40. The van der Waals surface area contributed by atoms with E-state index in [4.69, 9.17) is 14.2 Å². The number of methoxy groups -OCH3 is 1. The molecule has 0 spiro atoms. The third-order valence-corrected chi connectivity index (χ3v) is 4.08. The van der Waals surface area contributed by atoms with Crippen molar-refractivity contribution >= 4 is 17.8 Å². The zero-order chi connectivity index (χ0) is 21.2. The molecule has 0 saturated carbocycles. The molecule has 0 aromatic heterocycles. The number of likely N-dealkylation sites (N-methyl/N-ethyl adjacent to an activating group) is 1. The molecule has 2 aromatic rings. The first kappa shape index (κ1) is 22.0. The number of allylic oxidation sites excluding steroid dienone is 1. The number of carbonyl (C=O) groups is 2. The standard InChI is InChI=1S/C23H27NO5/c1-5-14-28-22-15-17(7-13-21(22)27-4)6-12-20(25)18-8-10-19(11-9-18)29-16-23(26)24(2)3/h6-13,15H,5,14,16H2,1-4H3/b12-6+. The van der Waals surface area contributed by atoms with Crippen LogP contribution < -0.4 is 14.2 Å². The quantitative estimate of drug-likeness (QED) is 0.450. The van der Waals surface area contributed by atoms with Gasteiger partial charge in [-0.25, -0.2) is 0 Å². The van der Waals surface area contributed by atoms with Gasteiger partial charge < -0.3 is 19.1 Å². The van der Waals surface area contributed by atoms with Gasteiger partial charge in [0.15, 0.2) is 23.9 Å². The van der Waals surface area contributed by atoms with Gasteiger partial charge in [-0.3, -0.25) is 9.59 Å². The molecule has 0 heterocycles. The second kappa shape index (κ2) is 10.9. The van der Waals surface area contributed by atoms with Crippen LogP contribution in [0.1, 0.15) is 29.3 Å². The third-order valence-electron chi connectivity index (χ3n) is 4.08. The summed E-state index contributed by atoms with van der Waals surface area (Å²) in [6.45, 7) is 2.59. The summed E-state index contributed by atoms with van der Waals surface area (Å²) >= 11 is 0. The number of benzene rings is 2. The van der Waals surface area contributed by atoms with Gasteiger partial charge in [-0.05, 0) is 54.5 Å². The molecule has 0 bridgehead atoms. The fraction of sp³-hybridized carbons (Fsp3) is 0.304. The molecular formula is C23H27NO5. The lowest BCUT2D eigenvalue weighted by molar-refractivity contribution is -0.130. The first-order valence-corrected chi connectivity index (χ1v) is 9.40. The van der Waals surface area contributed by atoms with Crippen LogP contribution in [-0.2, 0) is 4.79 Å². The lowest BCUT2D eigenvalue weighted by Crippen LogP contribution is -2.27. The molecule has 0 radical (unpaired) electrons. The Morgan fingerprint density at radius 1 is 1.00 bits per heavy atom. The van der Waals surface area contributed by atoms with Crippen molar-refractivity contribution < 1.29 is 23.8 Å². The molecule has 0 aliphatic carbocycles. The Bertz CT molecular complexity index is 856. The predicted octanol–water partition coefficient (Wildman–Crippen LogP) is 3.85. The molecule has 6 heteroatoms.